The maximum absolute atomic E-state index is 12.2. The highest BCUT2D eigenvalue weighted by atomic mass is 16.2. The molecule has 0 spiro atoms. The Balaban J connectivity index is 2.23. The molecule has 4 heteroatoms. The minimum Gasteiger partial charge on any atom is -0.278 e. The van der Waals surface area contributed by atoms with Crippen molar-refractivity contribution in [1.29, 1.82) is 5.26 Å². The molecule has 1 unspecified atom stereocenters. The molecule has 1 aliphatic carbocycles. The average molecular weight is 232 g/mol. The van der Waals surface area contributed by atoms with Crippen LogP contribution in [0.4, 0.5) is 0 Å². The van der Waals surface area contributed by atoms with E-state index in [1.54, 1.807) is 0 Å². The van der Waals surface area contributed by atoms with E-state index in [0.29, 0.717) is 19.3 Å². The highest BCUT2D eigenvalue weighted by Gasteiger charge is 2.49. The van der Waals surface area contributed by atoms with Gasteiger partial charge in [0, 0.05) is 0 Å². The second-order valence-electron chi connectivity index (χ2n) is 4.63. The maximum atomic E-state index is 12.2. The molecule has 4 nitrogen and oxygen atoms in total. The molecule has 0 saturated carbocycles. The fourth-order valence-electron chi connectivity index (χ4n) is 2.71. The van der Waals surface area contributed by atoms with Crippen LogP contribution in [0.2, 0.25) is 0 Å². The van der Waals surface area contributed by atoms with Crippen LogP contribution in [0.1, 0.15) is 32.6 Å². The number of nitrogens with zero attached hydrogens (tertiary/aromatic N) is 2. The molecule has 2 amide bonds. The van der Waals surface area contributed by atoms with Gasteiger partial charge in [0.1, 0.15) is 0 Å². The molecule has 1 heterocycles. The lowest BCUT2D eigenvalue weighted by Crippen LogP contribution is -2.40. The van der Waals surface area contributed by atoms with Gasteiger partial charge < -0.3 is 0 Å². The summed E-state index contributed by atoms with van der Waals surface area (Å²) in [4.78, 5) is 25.7. The molecule has 0 radical (unpaired) electrons. The third-order valence-electron chi connectivity index (χ3n) is 3.70. The van der Waals surface area contributed by atoms with Crippen LogP contribution in [0, 0.1) is 23.2 Å². The smallest absolute Gasteiger partial charge is 0.233 e. The molecule has 17 heavy (non-hydrogen) atoms. The zero-order valence-corrected chi connectivity index (χ0v) is 9.93. The summed E-state index contributed by atoms with van der Waals surface area (Å²) in [6.45, 7) is 1.91. The van der Waals surface area contributed by atoms with Gasteiger partial charge >= 0.3 is 0 Å². The molecule has 2 aliphatic rings. The first-order valence-electron chi connectivity index (χ1n) is 6.09. The average Bonchev–Trinajstić information content (AvgIpc) is 2.61. The number of rotatable bonds is 3. The monoisotopic (exact) mass is 232 g/mol. The number of allylic oxidation sites excluding steroid dienone is 2. The lowest BCUT2D eigenvalue weighted by Gasteiger charge is -2.23. The van der Waals surface area contributed by atoms with E-state index in [2.05, 4.69) is 6.07 Å². The van der Waals surface area contributed by atoms with Gasteiger partial charge in [-0.1, -0.05) is 19.1 Å². The molecule has 1 aliphatic heterocycles. The van der Waals surface area contributed by atoms with Crippen molar-refractivity contribution in [1.82, 2.24) is 4.90 Å². The third kappa shape index (κ3) is 1.86. The fraction of sp³-hybridized carbons (Fsp3) is 0.615. The summed E-state index contributed by atoms with van der Waals surface area (Å²) in [7, 11) is 0. The van der Waals surface area contributed by atoms with Crippen LogP contribution in [0.15, 0.2) is 12.2 Å². The van der Waals surface area contributed by atoms with Crippen molar-refractivity contribution in [3.63, 3.8) is 0 Å². The standard InChI is InChI=1S/C13H16N2O2/c1-2-9(7-8-14)15-12(16)10-5-3-4-6-11(10)13(15)17/h3-4,9-11H,2,5-7H2,1H3/t9?,10-,11+. The number of carbonyl (C=O) groups excluding carboxylic acids is 2. The summed E-state index contributed by atoms with van der Waals surface area (Å²) < 4.78 is 0. The minimum absolute atomic E-state index is 0.0774. The van der Waals surface area contributed by atoms with Gasteiger partial charge in [0.15, 0.2) is 0 Å². The van der Waals surface area contributed by atoms with Gasteiger partial charge in [-0.15, -0.1) is 0 Å². The Bertz CT molecular complexity index is 382. The first-order chi connectivity index (χ1) is 8.20. The number of carbonyl (C=O) groups is 2. The van der Waals surface area contributed by atoms with E-state index in [0.717, 1.165) is 0 Å². The maximum Gasteiger partial charge on any atom is 0.233 e. The molecule has 0 N–H and O–H groups in total. The molecular formula is C13H16N2O2. The molecule has 1 fully saturated rings. The number of fused-ring (bicyclic) bond motifs is 1. The zero-order valence-electron chi connectivity index (χ0n) is 9.93. The van der Waals surface area contributed by atoms with Crippen LogP contribution in [-0.2, 0) is 9.59 Å². The first-order valence-corrected chi connectivity index (χ1v) is 6.09. The van der Waals surface area contributed by atoms with E-state index in [4.69, 9.17) is 5.26 Å². The van der Waals surface area contributed by atoms with Crippen LogP contribution in [0.5, 0.6) is 0 Å². The number of hydrogen-bond donors (Lipinski definition) is 0. The SMILES string of the molecule is CCC(CC#N)N1C(=O)[C@H]2CC=CC[C@H]2C1=O. The van der Waals surface area contributed by atoms with Crippen LogP contribution in [0.3, 0.4) is 0 Å². The van der Waals surface area contributed by atoms with Crippen molar-refractivity contribution in [3.8, 4) is 6.07 Å². The molecule has 0 aromatic rings. The zero-order chi connectivity index (χ0) is 12.4. The largest absolute Gasteiger partial charge is 0.278 e. The van der Waals surface area contributed by atoms with Gasteiger partial charge in [-0.05, 0) is 19.3 Å². The second-order valence-corrected chi connectivity index (χ2v) is 4.63. The lowest BCUT2D eigenvalue weighted by molar-refractivity contribution is -0.142. The van der Waals surface area contributed by atoms with Gasteiger partial charge in [0.25, 0.3) is 0 Å². The number of likely N-dealkylation sites (tertiary alicyclic amines) is 1. The van der Waals surface area contributed by atoms with E-state index >= 15 is 0 Å². The van der Waals surface area contributed by atoms with Crippen LogP contribution < -0.4 is 0 Å². The summed E-state index contributed by atoms with van der Waals surface area (Å²) in [5.41, 5.74) is 0. The Morgan fingerprint density at radius 1 is 1.35 bits per heavy atom. The quantitative estimate of drug-likeness (QED) is 0.549. The predicted molar refractivity (Wildman–Crippen MR) is 61.5 cm³/mol. The van der Waals surface area contributed by atoms with E-state index in [1.165, 1.54) is 4.90 Å². The van der Waals surface area contributed by atoms with Gasteiger partial charge in [-0.2, -0.15) is 5.26 Å². The number of imide groups is 1. The van der Waals surface area contributed by atoms with E-state index in [9.17, 15) is 9.59 Å². The highest BCUT2D eigenvalue weighted by Crippen LogP contribution is 2.36. The Hall–Kier alpha value is -1.63. The Morgan fingerprint density at radius 3 is 2.29 bits per heavy atom. The van der Waals surface area contributed by atoms with Crippen molar-refractivity contribution in [3.05, 3.63) is 12.2 Å². The second kappa shape index (κ2) is 4.70. The van der Waals surface area contributed by atoms with Gasteiger partial charge in [-0.3, -0.25) is 14.5 Å². The van der Waals surface area contributed by atoms with Crippen molar-refractivity contribution >= 4 is 11.8 Å². The Morgan fingerprint density at radius 2 is 1.88 bits per heavy atom. The summed E-state index contributed by atoms with van der Waals surface area (Å²) in [5, 5.41) is 8.75. The molecule has 2 rings (SSSR count). The molecule has 3 atom stereocenters. The topological polar surface area (TPSA) is 61.2 Å². The number of nitriles is 1. The van der Waals surface area contributed by atoms with Crippen LogP contribution in [0.25, 0.3) is 0 Å². The summed E-state index contributed by atoms with van der Waals surface area (Å²) in [6.07, 6.45) is 6.16. The summed E-state index contributed by atoms with van der Waals surface area (Å²) >= 11 is 0. The van der Waals surface area contributed by atoms with Crippen LogP contribution in [-0.4, -0.2) is 22.8 Å². The Labute approximate surface area is 101 Å². The third-order valence-corrected chi connectivity index (χ3v) is 3.70. The Kier molecular flexibility index (Phi) is 3.28. The lowest BCUT2D eigenvalue weighted by atomic mass is 9.85. The van der Waals surface area contributed by atoms with E-state index in [-0.39, 0.29) is 36.1 Å². The molecular weight excluding hydrogens is 216 g/mol. The molecule has 0 aromatic heterocycles. The van der Waals surface area contributed by atoms with Gasteiger partial charge in [0.2, 0.25) is 11.8 Å². The highest BCUT2D eigenvalue weighted by molar-refractivity contribution is 6.05. The predicted octanol–water partition coefficient (Wildman–Crippen LogP) is 1.63. The number of hydrogen-bond acceptors (Lipinski definition) is 3. The van der Waals surface area contributed by atoms with Crippen molar-refractivity contribution in [2.24, 2.45) is 11.8 Å². The first kappa shape index (κ1) is 11.8. The normalized spacial score (nSPS) is 29.1. The number of amides is 2. The van der Waals surface area contributed by atoms with E-state index in [1.807, 2.05) is 19.1 Å². The van der Waals surface area contributed by atoms with E-state index < -0.39 is 0 Å². The van der Waals surface area contributed by atoms with Gasteiger partial charge in [0.05, 0.1) is 30.4 Å². The van der Waals surface area contributed by atoms with Crippen molar-refractivity contribution in [2.45, 2.75) is 38.6 Å². The summed E-state index contributed by atoms with van der Waals surface area (Å²) in [5.74, 6) is -0.515. The van der Waals surface area contributed by atoms with Crippen LogP contribution >= 0.6 is 0 Å². The minimum atomic E-state index is -0.245. The molecule has 0 bridgehead atoms. The fourth-order valence-corrected chi connectivity index (χ4v) is 2.71. The van der Waals surface area contributed by atoms with Crippen molar-refractivity contribution < 1.29 is 9.59 Å². The molecule has 90 valence electrons. The molecule has 1 saturated heterocycles. The molecule has 0 aromatic carbocycles. The summed E-state index contributed by atoms with van der Waals surface area (Å²) in [6, 6.07) is 1.81. The van der Waals surface area contributed by atoms with Crippen molar-refractivity contribution in [2.75, 3.05) is 0 Å². The van der Waals surface area contributed by atoms with Gasteiger partial charge in [-0.25, -0.2) is 0 Å².